The molecule has 0 radical (unpaired) electrons. The lowest BCUT2D eigenvalue weighted by atomic mass is 10.3. The van der Waals surface area contributed by atoms with Crippen molar-refractivity contribution >= 4 is 21.1 Å². The van der Waals surface area contributed by atoms with Crippen LogP contribution in [0.3, 0.4) is 0 Å². The molecule has 0 saturated heterocycles. The fourth-order valence-electron chi connectivity index (χ4n) is 2.56. The highest BCUT2D eigenvalue weighted by Gasteiger charge is 2.44. The van der Waals surface area contributed by atoms with Gasteiger partial charge in [-0.2, -0.15) is 0 Å². The fraction of sp³-hybridized carbons (Fsp3) is 0.231. The predicted molar refractivity (Wildman–Crippen MR) is 74.5 cm³/mol. The molecule has 2 aromatic heterocycles. The van der Waals surface area contributed by atoms with Gasteiger partial charge in [-0.3, -0.25) is 0 Å². The molecular formula is C13H9F2N3O5S. The number of rotatable bonds is 2. The number of imidazole rings is 1. The highest BCUT2D eigenvalue weighted by atomic mass is 32.2. The zero-order valence-electron chi connectivity index (χ0n) is 12.3. The summed E-state index contributed by atoms with van der Waals surface area (Å²) in [6, 6.07) is 2.32. The maximum atomic E-state index is 13.1. The molecule has 24 heavy (non-hydrogen) atoms. The second-order valence-electron chi connectivity index (χ2n) is 5.15. The van der Waals surface area contributed by atoms with Crippen LogP contribution in [0, 0.1) is 13.8 Å². The van der Waals surface area contributed by atoms with Crippen LogP contribution in [0.2, 0.25) is 0 Å². The minimum absolute atomic E-state index is 0.0649. The van der Waals surface area contributed by atoms with E-state index in [9.17, 15) is 17.2 Å². The summed E-state index contributed by atoms with van der Waals surface area (Å²) in [4.78, 5) is 3.83. The summed E-state index contributed by atoms with van der Waals surface area (Å²) in [5, 5.41) is 3.62. The van der Waals surface area contributed by atoms with Crippen molar-refractivity contribution in [1.29, 1.82) is 0 Å². The molecule has 4 rings (SSSR count). The Kier molecular flexibility index (Phi) is 2.75. The number of aromatic nitrogens is 3. The van der Waals surface area contributed by atoms with Crippen LogP contribution < -0.4 is 9.47 Å². The summed E-state index contributed by atoms with van der Waals surface area (Å²) in [5.74, 6) is -0.377. The molecule has 0 fully saturated rings. The Morgan fingerprint density at radius 3 is 2.46 bits per heavy atom. The van der Waals surface area contributed by atoms with E-state index >= 15 is 0 Å². The predicted octanol–water partition coefficient (Wildman–Crippen LogP) is 2.20. The van der Waals surface area contributed by atoms with Crippen LogP contribution >= 0.6 is 0 Å². The summed E-state index contributed by atoms with van der Waals surface area (Å²) < 4.78 is 66.4. The lowest BCUT2D eigenvalue weighted by Gasteiger charge is -2.06. The Hall–Kier alpha value is -2.69. The van der Waals surface area contributed by atoms with Crippen LogP contribution in [-0.4, -0.2) is 28.8 Å². The van der Waals surface area contributed by atoms with Gasteiger partial charge in [-0.1, -0.05) is 5.16 Å². The third-order valence-corrected chi connectivity index (χ3v) is 5.43. The van der Waals surface area contributed by atoms with E-state index in [2.05, 4.69) is 19.6 Å². The number of halogens is 2. The second-order valence-corrected chi connectivity index (χ2v) is 6.91. The van der Waals surface area contributed by atoms with Crippen LogP contribution in [0.25, 0.3) is 11.0 Å². The van der Waals surface area contributed by atoms with Gasteiger partial charge in [0, 0.05) is 12.1 Å². The van der Waals surface area contributed by atoms with Gasteiger partial charge in [0.1, 0.15) is 12.0 Å². The van der Waals surface area contributed by atoms with Gasteiger partial charge < -0.3 is 14.0 Å². The molecule has 1 aromatic carbocycles. The molecule has 0 spiro atoms. The lowest BCUT2D eigenvalue weighted by Crippen LogP contribution is -2.25. The molecule has 3 heterocycles. The van der Waals surface area contributed by atoms with Gasteiger partial charge in [-0.25, -0.2) is 17.4 Å². The lowest BCUT2D eigenvalue weighted by molar-refractivity contribution is -0.286. The topological polar surface area (TPSA) is 96.5 Å². The number of ether oxygens (including phenoxy) is 2. The van der Waals surface area contributed by atoms with Crippen molar-refractivity contribution in [3.63, 3.8) is 0 Å². The van der Waals surface area contributed by atoms with Crippen molar-refractivity contribution in [3.8, 4) is 11.5 Å². The van der Waals surface area contributed by atoms with Crippen molar-refractivity contribution in [1.82, 2.24) is 14.1 Å². The molecule has 0 bridgehead atoms. The van der Waals surface area contributed by atoms with Crippen molar-refractivity contribution < 1.29 is 31.2 Å². The van der Waals surface area contributed by atoms with E-state index in [4.69, 9.17) is 4.52 Å². The van der Waals surface area contributed by atoms with Crippen molar-refractivity contribution in [2.24, 2.45) is 0 Å². The SMILES string of the molecule is Cc1noc(C)c1S(=O)(=O)n1cnc2cc3c(cc21)OC(F)(F)O3. The quantitative estimate of drug-likeness (QED) is 0.693. The maximum absolute atomic E-state index is 13.1. The summed E-state index contributed by atoms with van der Waals surface area (Å²) in [6.45, 7) is 2.94. The monoisotopic (exact) mass is 357 g/mol. The number of aryl methyl sites for hydroxylation is 2. The van der Waals surface area contributed by atoms with Gasteiger partial charge in [0.15, 0.2) is 22.2 Å². The molecule has 0 unspecified atom stereocenters. The Labute approximate surface area is 133 Å². The number of benzene rings is 1. The zero-order chi connectivity index (χ0) is 17.3. The van der Waals surface area contributed by atoms with Crippen LogP contribution in [0.4, 0.5) is 8.78 Å². The van der Waals surface area contributed by atoms with E-state index in [1.807, 2.05) is 0 Å². The Balaban J connectivity index is 1.93. The molecule has 11 heteroatoms. The summed E-state index contributed by atoms with van der Waals surface area (Å²) in [5.41, 5.74) is 0.405. The highest BCUT2D eigenvalue weighted by molar-refractivity contribution is 7.90. The third kappa shape index (κ3) is 1.97. The average molecular weight is 357 g/mol. The van der Waals surface area contributed by atoms with Gasteiger partial charge in [-0.15, -0.1) is 8.78 Å². The molecule has 0 amide bonds. The molecule has 0 atom stereocenters. The Bertz CT molecular complexity index is 1070. The molecule has 0 N–H and O–H groups in total. The third-order valence-electron chi connectivity index (χ3n) is 3.52. The maximum Gasteiger partial charge on any atom is 0.586 e. The van der Waals surface area contributed by atoms with Gasteiger partial charge in [0.2, 0.25) is 0 Å². The standard InChI is InChI=1S/C13H9F2N3O5S/c1-6-12(7(2)23-17-6)24(19,20)18-5-16-8-3-10-11(4-9(8)18)22-13(14,15)21-10/h3-5H,1-2H3. The van der Waals surface area contributed by atoms with E-state index in [-0.39, 0.29) is 38.9 Å². The van der Waals surface area contributed by atoms with Gasteiger partial charge in [0.05, 0.1) is 11.0 Å². The number of fused-ring (bicyclic) bond motifs is 2. The molecular weight excluding hydrogens is 348 g/mol. The van der Waals surface area contributed by atoms with Crippen LogP contribution in [0.15, 0.2) is 27.9 Å². The van der Waals surface area contributed by atoms with E-state index in [1.54, 1.807) is 0 Å². The van der Waals surface area contributed by atoms with Crippen molar-refractivity contribution in [2.45, 2.75) is 25.0 Å². The number of alkyl halides is 2. The van der Waals surface area contributed by atoms with E-state index in [0.29, 0.717) is 0 Å². The normalized spacial score (nSPS) is 16.0. The zero-order valence-corrected chi connectivity index (χ0v) is 13.1. The average Bonchev–Trinajstić information content (AvgIpc) is 3.10. The smallest absolute Gasteiger partial charge is 0.395 e. The molecule has 8 nitrogen and oxygen atoms in total. The molecule has 0 aliphatic carbocycles. The minimum atomic E-state index is -4.07. The fourth-order valence-corrected chi connectivity index (χ4v) is 4.15. The Morgan fingerprint density at radius 1 is 1.17 bits per heavy atom. The van der Waals surface area contributed by atoms with Crippen molar-refractivity contribution in [2.75, 3.05) is 0 Å². The van der Waals surface area contributed by atoms with E-state index < -0.39 is 16.3 Å². The first kappa shape index (κ1) is 14.9. The number of hydrogen-bond acceptors (Lipinski definition) is 7. The summed E-state index contributed by atoms with van der Waals surface area (Å²) in [6.07, 6.45) is -2.73. The first-order chi connectivity index (χ1) is 11.2. The largest absolute Gasteiger partial charge is 0.586 e. The number of nitrogens with zero attached hydrogens (tertiary/aromatic N) is 3. The van der Waals surface area contributed by atoms with Crippen LogP contribution in [0.5, 0.6) is 11.5 Å². The molecule has 1 aliphatic heterocycles. The van der Waals surface area contributed by atoms with E-state index in [0.717, 1.165) is 16.4 Å². The summed E-state index contributed by atoms with van der Waals surface area (Å²) >= 11 is 0. The summed E-state index contributed by atoms with van der Waals surface area (Å²) in [7, 11) is -4.07. The first-order valence-corrected chi connectivity index (χ1v) is 8.08. The first-order valence-electron chi connectivity index (χ1n) is 6.64. The molecule has 3 aromatic rings. The van der Waals surface area contributed by atoms with Gasteiger partial charge >= 0.3 is 6.29 Å². The van der Waals surface area contributed by atoms with Gasteiger partial charge in [0.25, 0.3) is 10.0 Å². The van der Waals surface area contributed by atoms with Crippen molar-refractivity contribution in [3.05, 3.63) is 29.9 Å². The van der Waals surface area contributed by atoms with Gasteiger partial charge in [-0.05, 0) is 13.8 Å². The molecule has 126 valence electrons. The molecule has 0 saturated carbocycles. The van der Waals surface area contributed by atoms with Crippen LogP contribution in [-0.2, 0) is 10.0 Å². The van der Waals surface area contributed by atoms with Crippen LogP contribution in [0.1, 0.15) is 11.5 Å². The Morgan fingerprint density at radius 2 is 1.83 bits per heavy atom. The second kappa shape index (κ2) is 4.44. The minimum Gasteiger partial charge on any atom is -0.395 e. The van der Waals surface area contributed by atoms with E-state index in [1.165, 1.54) is 19.9 Å². The number of hydrogen-bond donors (Lipinski definition) is 0. The molecule has 1 aliphatic rings. The highest BCUT2D eigenvalue weighted by Crippen LogP contribution is 2.43.